The molecule has 1 unspecified atom stereocenters. The van der Waals surface area contributed by atoms with E-state index in [0.29, 0.717) is 16.6 Å². The van der Waals surface area contributed by atoms with E-state index in [9.17, 15) is 0 Å². The SMILES string of the molecule is Cc1cc(Cl)c(Cl)cc1C(N)CN. The van der Waals surface area contributed by atoms with Gasteiger partial charge in [-0.2, -0.15) is 0 Å². The van der Waals surface area contributed by atoms with E-state index in [-0.39, 0.29) is 6.04 Å². The van der Waals surface area contributed by atoms with Crippen molar-refractivity contribution in [3.8, 4) is 0 Å². The van der Waals surface area contributed by atoms with E-state index in [1.54, 1.807) is 12.1 Å². The van der Waals surface area contributed by atoms with Gasteiger partial charge in [0.05, 0.1) is 10.0 Å². The number of nitrogens with two attached hydrogens (primary N) is 2. The summed E-state index contributed by atoms with van der Waals surface area (Å²) < 4.78 is 0. The predicted molar refractivity (Wildman–Crippen MR) is 57.2 cm³/mol. The topological polar surface area (TPSA) is 52.0 Å². The maximum atomic E-state index is 5.86. The van der Waals surface area contributed by atoms with Crippen LogP contribution in [0, 0.1) is 6.92 Å². The first kappa shape index (κ1) is 10.8. The van der Waals surface area contributed by atoms with Crippen molar-refractivity contribution < 1.29 is 0 Å². The van der Waals surface area contributed by atoms with Gasteiger partial charge in [0.25, 0.3) is 0 Å². The number of hydrogen-bond donors (Lipinski definition) is 2. The molecule has 0 spiro atoms. The third kappa shape index (κ3) is 2.35. The highest BCUT2D eigenvalue weighted by Gasteiger charge is 2.09. The summed E-state index contributed by atoms with van der Waals surface area (Å²) >= 11 is 11.7. The van der Waals surface area contributed by atoms with Crippen LogP contribution in [0.2, 0.25) is 10.0 Å². The molecule has 0 aromatic heterocycles. The number of hydrogen-bond acceptors (Lipinski definition) is 2. The summed E-state index contributed by atoms with van der Waals surface area (Å²) in [6.07, 6.45) is 0. The predicted octanol–water partition coefficient (Wildman–Crippen LogP) is 2.26. The van der Waals surface area contributed by atoms with Crippen LogP contribution in [0.3, 0.4) is 0 Å². The molecule has 4 heteroatoms. The zero-order valence-electron chi connectivity index (χ0n) is 7.35. The summed E-state index contributed by atoms with van der Waals surface area (Å²) in [5.74, 6) is 0. The number of benzene rings is 1. The van der Waals surface area contributed by atoms with Gasteiger partial charge < -0.3 is 11.5 Å². The highest BCUT2D eigenvalue weighted by Crippen LogP contribution is 2.27. The Bertz CT molecular complexity index is 313. The summed E-state index contributed by atoms with van der Waals surface area (Å²) in [6.45, 7) is 2.34. The van der Waals surface area contributed by atoms with E-state index in [2.05, 4.69) is 0 Å². The quantitative estimate of drug-likeness (QED) is 0.801. The van der Waals surface area contributed by atoms with Gasteiger partial charge in [0.15, 0.2) is 0 Å². The van der Waals surface area contributed by atoms with Gasteiger partial charge in [0.2, 0.25) is 0 Å². The van der Waals surface area contributed by atoms with Crippen LogP contribution in [-0.4, -0.2) is 6.54 Å². The molecule has 0 aliphatic rings. The minimum atomic E-state index is -0.172. The van der Waals surface area contributed by atoms with E-state index < -0.39 is 0 Å². The molecule has 0 saturated carbocycles. The second-order valence-corrected chi connectivity index (χ2v) is 3.78. The van der Waals surface area contributed by atoms with Crippen molar-refractivity contribution in [1.82, 2.24) is 0 Å². The van der Waals surface area contributed by atoms with Gasteiger partial charge in [-0.05, 0) is 30.2 Å². The molecule has 0 amide bonds. The van der Waals surface area contributed by atoms with Crippen LogP contribution in [-0.2, 0) is 0 Å². The van der Waals surface area contributed by atoms with Gasteiger partial charge in [-0.1, -0.05) is 23.2 Å². The first-order chi connectivity index (χ1) is 6.06. The summed E-state index contributed by atoms with van der Waals surface area (Å²) in [7, 11) is 0. The standard InChI is InChI=1S/C9H12Cl2N2/c1-5-2-7(10)8(11)3-6(5)9(13)4-12/h2-3,9H,4,12-13H2,1H3. The Kier molecular flexibility index (Phi) is 3.56. The average Bonchev–Trinajstić information content (AvgIpc) is 2.10. The minimum absolute atomic E-state index is 0.172. The molecule has 1 rings (SSSR count). The number of rotatable bonds is 2. The van der Waals surface area contributed by atoms with E-state index in [0.717, 1.165) is 11.1 Å². The van der Waals surface area contributed by atoms with Crippen molar-refractivity contribution in [2.45, 2.75) is 13.0 Å². The van der Waals surface area contributed by atoms with Gasteiger partial charge in [-0.15, -0.1) is 0 Å². The summed E-state index contributed by atoms with van der Waals surface area (Å²) in [5.41, 5.74) is 13.2. The fourth-order valence-electron chi connectivity index (χ4n) is 1.19. The van der Waals surface area contributed by atoms with E-state index in [1.165, 1.54) is 0 Å². The maximum absolute atomic E-state index is 5.86. The van der Waals surface area contributed by atoms with Crippen molar-refractivity contribution in [2.24, 2.45) is 11.5 Å². The Hall–Kier alpha value is -0.280. The molecule has 0 bridgehead atoms. The van der Waals surface area contributed by atoms with Crippen LogP contribution >= 0.6 is 23.2 Å². The Labute approximate surface area is 87.8 Å². The van der Waals surface area contributed by atoms with Crippen LogP contribution in [0.15, 0.2) is 12.1 Å². The van der Waals surface area contributed by atoms with Crippen LogP contribution < -0.4 is 11.5 Å². The summed E-state index contributed by atoms with van der Waals surface area (Å²) in [4.78, 5) is 0. The second kappa shape index (κ2) is 4.29. The average molecular weight is 219 g/mol. The molecule has 1 aromatic carbocycles. The number of halogens is 2. The molecule has 0 fully saturated rings. The molecule has 1 aromatic rings. The van der Waals surface area contributed by atoms with Crippen molar-refractivity contribution in [3.63, 3.8) is 0 Å². The molecule has 4 N–H and O–H groups in total. The van der Waals surface area contributed by atoms with Crippen molar-refractivity contribution >= 4 is 23.2 Å². The first-order valence-electron chi connectivity index (χ1n) is 3.97. The molecule has 0 radical (unpaired) electrons. The zero-order chi connectivity index (χ0) is 10.0. The van der Waals surface area contributed by atoms with Crippen molar-refractivity contribution in [1.29, 1.82) is 0 Å². The lowest BCUT2D eigenvalue weighted by Gasteiger charge is -2.13. The third-order valence-electron chi connectivity index (χ3n) is 1.96. The molecule has 0 aliphatic heterocycles. The van der Waals surface area contributed by atoms with Crippen molar-refractivity contribution in [3.05, 3.63) is 33.3 Å². The highest BCUT2D eigenvalue weighted by atomic mass is 35.5. The van der Waals surface area contributed by atoms with Crippen LogP contribution in [0.5, 0.6) is 0 Å². The summed E-state index contributed by atoms with van der Waals surface area (Å²) in [6, 6.07) is 3.40. The molecule has 1 atom stereocenters. The van der Waals surface area contributed by atoms with Gasteiger partial charge in [0.1, 0.15) is 0 Å². The zero-order valence-corrected chi connectivity index (χ0v) is 8.86. The van der Waals surface area contributed by atoms with E-state index in [4.69, 9.17) is 34.7 Å². The van der Waals surface area contributed by atoms with Crippen LogP contribution in [0.1, 0.15) is 17.2 Å². The van der Waals surface area contributed by atoms with Crippen LogP contribution in [0.25, 0.3) is 0 Å². The highest BCUT2D eigenvalue weighted by molar-refractivity contribution is 6.42. The van der Waals surface area contributed by atoms with Gasteiger partial charge in [-0.3, -0.25) is 0 Å². The largest absolute Gasteiger partial charge is 0.329 e. The first-order valence-corrected chi connectivity index (χ1v) is 4.73. The Morgan fingerprint density at radius 3 is 2.38 bits per heavy atom. The summed E-state index contributed by atoms with van der Waals surface area (Å²) in [5, 5.41) is 1.07. The van der Waals surface area contributed by atoms with Gasteiger partial charge >= 0.3 is 0 Å². The molecule has 0 saturated heterocycles. The van der Waals surface area contributed by atoms with E-state index in [1.807, 2.05) is 6.92 Å². The molecular weight excluding hydrogens is 207 g/mol. The van der Waals surface area contributed by atoms with E-state index >= 15 is 0 Å². The molecule has 72 valence electrons. The molecule has 0 heterocycles. The second-order valence-electron chi connectivity index (χ2n) is 2.97. The smallest absolute Gasteiger partial charge is 0.0595 e. The Morgan fingerprint density at radius 1 is 1.31 bits per heavy atom. The normalized spacial score (nSPS) is 13.0. The monoisotopic (exact) mass is 218 g/mol. The molecule has 2 nitrogen and oxygen atoms in total. The maximum Gasteiger partial charge on any atom is 0.0595 e. The van der Waals surface area contributed by atoms with Crippen molar-refractivity contribution in [2.75, 3.05) is 6.54 Å². The lowest BCUT2D eigenvalue weighted by molar-refractivity contribution is 0.732. The fraction of sp³-hybridized carbons (Fsp3) is 0.333. The molecular formula is C9H12Cl2N2. The van der Waals surface area contributed by atoms with Gasteiger partial charge in [0, 0.05) is 12.6 Å². The van der Waals surface area contributed by atoms with Crippen LogP contribution in [0.4, 0.5) is 0 Å². The Balaban J connectivity index is 3.15. The lowest BCUT2D eigenvalue weighted by Crippen LogP contribution is -2.21. The van der Waals surface area contributed by atoms with Gasteiger partial charge in [-0.25, -0.2) is 0 Å². The third-order valence-corrected chi connectivity index (χ3v) is 2.68. The number of aryl methyl sites for hydroxylation is 1. The Morgan fingerprint density at radius 2 is 1.85 bits per heavy atom. The molecule has 13 heavy (non-hydrogen) atoms. The fourth-order valence-corrected chi connectivity index (χ4v) is 1.58. The lowest BCUT2D eigenvalue weighted by atomic mass is 10.0. The minimum Gasteiger partial charge on any atom is -0.329 e. The molecule has 0 aliphatic carbocycles.